The summed E-state index contributed by atoms with van der Waals surface area (Å²) in [4.78, 5) is 23.6. The van der Waals surface area contributed by atoms with Crippen molar-refractivity contribution in [3.05, 3.63) is 0 Å². The highest BCUT2D eigenvalue weighted by Crippen LogP contribution is 2.34. The minimum absolute atomic E-state index is 0.00870. The summed E-state index contributed by atoms with van der Waals surface area (Å²) in [6.45, 7) is 0. The fourth-order valence-electron chi connectivity index (χ4n) is 4.08. The number of carboxylic acid groups (broad SMARTS) is 1. The SMILES string of the molecule is CNC1(CC(=O)NC2(CC(=O)O)CCCC2)CCCCC1. The molecule has 21 heavy (non-hydrogen) atoms. The molecule has 2 aliphatic carbocycles. The smallest absolute Gasteiger partial charge is 0.305 e. The molecule has 0 aromatic rings. The van der Waals surface area contributed by atoms with Crippen molar-refractivity contribution in [2.45, 2.75) is 81.7 Å². The average Bonchev–Trinajstić information content (AvgIpc) is 2.86. The molecule has 0 atom stereocenters. The van der Waals surface area contributed by atoms with E-state index >= 15 is 0 Å². The number of hydrogen-bond donors (Lipinski definition) is 3. The Morgan fingerprint density at radius 1 is 0.905 bits per heavy atom. The van der Waals surface area contributed by atoms with Gasteiger partial charge in [-0.05, 0) is 32.7 Å². The van der Waals surface area contributed by atoms with E-state index in [1.54, 1.807) is 0 Å². The molecule has 0 radical (unpaired) electrons. The van der Waals surface area contributed by atoms with Crippen molar-refractivity contribution in [1.29, 1.82) is 0 Å². The second-order valence-corrected chi connectivity index (χ2v) is 6.87. The Labute approximate surface area is 126 Å². The summed E-state index contributed by atoms with van der Waals surface area (Å²) >= 11 is 0. The molecular weight excluding hydrogens is 268 g/mol. The molecule has 5 heteroatoms. The Balaban J connectivity index is 1.97. The number of carbonyl (C=O) groups is 2. The summed E-state index contributed by atoms with van der Waals surface area (Å²) in [5.41, 5.74) is -0.599. The van der Waals surface area contributed by atoms with E-state index in [2.05, 4.69) is 10.6 Å². The maximum absolute atomic E-state index is 12.5. The largest absolute Gasteiger partial charge is 0.481 e. The van der Waals surface area contributed by atoms with Gasteiger partial charge in [-0.3, -0.25) is 9.59 Å². The van der Waals surface area contributed by atoms with Crippen LogP contribution in [0.25, 0.3) is 0 Å². The quantitative estimate of drug-likeness (QED) is 0.702. The van der Waals surface area contributed by atoms with Gasteiger partial charge in [0.15, 0.2) is 0 Å². The van der Waals surface area contributed by atoms with Gasteiger partial charge in [-0.25, -0.2) is 0 Å². The Bertz CT molecular complexity index is 383. The van der Waals surface area contributed by atoms with Crippen LogP contribution >= 0.6 is 0 Å². The lowest BCUT2D eigenvalue weighted by Gasteiger charge is -2.38. The zero-order valence-electron chi connectivity index (χ0n) is 13.0. The summed E-state index contributed by atoms with van der Waals surface area (Å²) < 4.78 is 0. The topological polar surface area (TPSA) is 78.4 Å². The lowest BCUT2D eigenvalue weighted by molar-refractivity contribution is -0.139. The first-order valence-corrected chi connectivity index (χ1v) is 8.21. The number of rotatable bonds is 6. The van der Waals surface area contributed by atoms with Gasteiger partial charge in [-0.15, -0.1) is 0 Å². The second-order valence-electron chi connectivity index (χ2n) is 6.87. The molecular formula is C16H28N2O3. The Morgan fingerprint density at radius 3 is 1.95 bits per heavy atom. The maximum atomic E-state index is 12.5. The molecule has 0 saturated heterocycles. The monoisotopic (exact) mass is 296 g/mol. The highest BCUT2D eigenvalue weighted by atomic mass is 16.4. The standard InChI is InChI=1S/C16H28N2O3/c1-17-15(7-3-2-4-8-15)11-13(19)18-16(12-14(20)21)9-5-6-10-16/h17H,2-12H2,1H3,(H,18,19)(H,20,21). The van der Waals surface area contributed by atoms with Crippen LogP contribution < -0.4 is 10.6 Å². The Kier molecular flexibility index (Phi) is 5.25. The van der Waals surface area contributed by atoms with E-state index in [0.29, 0.717) is 6.42 Å². The predicted molar refractivity (Wildman–Crippen MR) is 81.1 cm³/mol. The first kappa shape index (κ1) is 16.3. The summed E-state index contributed by atoms with van der Waals surface area (Å²) in [5, 5.41) is 15.5. The van der Waals surface area contributed by atoms with E-state index < -0.39 is 11.5 Å². The van der Waals surface area contributed by atoms with Crippen LogP contribution in [-0.4, -0.2) is 35.1 Å². The summed E-state index contributed by atoms with van der Waals surface area (Å²) in [6.07, 6.45) is 9.73. The molecule has 120 valence electrons. The van der Waals surface area contributed by atoms with Crippen LogP contribution in [0, 0.1) is 0 Å². The molecule has 2 fully saturated rings. The molecule has 5 nitrogen and oxygen atoms in total. The van der Waals surface area contributed by atoms with E-state index in [1.165, 1.54) is 6.42 Å². The number of hydrogen-bond acceptors (Lipinski definition) is 3. The zero-order valence-corrected chi connectivity index (χ0v) is 13.0. The van der Waals surface area contributed by atoms with Crippen molar-refractivity contribution in [2.75, 3.05) is 7.05 Å². The van der Waals surface area contributed by atoms with Gasteiger partial charge in [-0.2, -0.15) is 0 Å². The lowest BCUT2D eigenvalue weighted by atomic mass is 9.79. The van der Waals surface area contributed by atoms with Crippen molar-refractivity contribution >= 4 is 11.9 Å². The molecule has 0 heterocycles. The molecule has 1 amide bonds. The number of nitrogens with one attached hydrogen (secondary N) is 2. The molecule has 0 unspecified atom stereocenters. The van der Waals surface area contributed by atoms with Crippen molar-refractivity contribution < 1.29 is 14.7 Å². The number of carbonyl (C=O) groups excluding carboxylic acids is 1. The molecule has 0 aliphatic heterocycles. The van der Waals surface area contributed by atoms with Crippen LogP contribution in [0.5, 0.6) is 0 Å². The van der Waals surface area contributed by atoms with E-state index in [1.807, 2.05) is 7.05 Å². The minimum Gasteiger partial charge on any atom is -0.481 e. The number of aliphatic carboxylic acids is 1. The lowest BCUT2D eigenvalue weighted by Crippen LogP contribution is -2.53. The van der Waals surface area contributed by atoms with Crippen LogP contribution in [0.3, 0.4) is 0 Å². The third kappa shape index (κ3) is 4.19. The maximum Gasteiger partial charge on any atom is 0.305 e. The van der Waals surface area contributed by atoms with E-state index in [0.717, 1.165) is 51.4 Å². The van der Waals surface area contributed by atoms with E-state index in [9.17, 15) is 9.59 Å². The van der Waals surface area contributed by atoms with Gasteiger partial charge >= 0.3 is 5.97 Å². The normalized spacial score (nSPS) is 23.7. The third-order valence-corrected chi connectivity index (χ3v) is 5.29. The van der Waals surface area contributed by atoms with Crippen molar-refractivity contribution in [3.8, 4) is 0 Å². The van der Waals surface area contributed by atoms with Crippen molar-refractivity contribution in [1.82, 2.24) is 10.6 Å². The van der Waals surface area contributed by atoms with Gasteiger partial charge in [0.2, 0.25) is 5.91 Å². The van der Waals surface area contributed by atoms with Gasteiger partial charge in [-0.1, -0.05) is 32.1 Å². The van der Waals surface area contributed by atoms with Crippen LogP contribution in [0.1, 0.15) is 70.6 Å². The first-order chi connectivity index (χ1) is 9.99. The molecule has 2 aliphatic rings. The molecule has 2 rings (SSSR count). The van der Waals surface area contributed by atoms with E-state index in [-0.39, 0.29) is 17.9 Å². The number of amides is 1. The van der Waals surface area contributed by atoms with Gasteiger partial charge in [0.1, 0.15) is 0 Å². The molecule has 0 aromatic heterocycles. The van der Waals surface area contributed by atoms with Gasteiger partial charge in [0, 0.05) is 12.0 Å². The average molecular weight is 296 g/mol. The highest BCUT2D eigenvalue weighted by Gasteiger charge is 2.39. The number of carboxylic acids is 1. The molecule has 3 N–H and O–H groups in total. The van der Waals surface area contributed by atoms with Crippen LogP contribution in [-0.2, 0) is 9.59 Å². The fraction of sp³-hybridized carbons (Fsp3) is 0.875. The van der Waals surface area contributed by atoms with Crippen LogP contribution in [0.2, 0.25) is 0 Å². The molecule has 0 aromatic carbocycles. The van der Waals surface area contributed by atoms with Gasteiger partial charge < -0.3 is 15.7 Å². The molecule has 2 saturated carbocycles. The van der Waals surface area contributed by atoms with E-state index in [4.69, 9.17) is 5.11 Å². The molecule has 0 spiro atoms. The third-order valence-electron chi connectivity index (χ3n) is 5.29. The highest BCUT2D eigenvalue weighted by molar-refractivity contribution is 5.79. The summed E-state index contributed by atoms with van der Waals surface area (Å²) in [6, 6.07) is 0. The van der Waals surface area contributed by atoms with Crippen LogP contribution in [0.15, 0.2) is 0 Å². The summed E-state index contributed by atoms with van der Waals surface area (Å²) in [7, 11) is 1.93. The Morgan fingerprint density at radius 2 is 1.43 bits per heavy atom. The minimum atomic E-state index is -0.821. The van der Waals surface area contributed by atoms with Gasteiger partial charge in [0.05, 0.1) is 12.0 Å². The first-order valence-electron chi connectivity index (χ1n) is 8.21. The van der Waals surface area contributed by atoms with Crippen molar-refractivity contribution in [3.63, 3.8) is 0 Å². The fourth-order valence-corrected chi connectivity index (χ4v) is 4.08. The second kappa shape index (κ2) is 6.77. The summed E-state index contributed by atoms with van der Waals surface area (Å²) in [5.74, 6) is -0.812. The molecule has 0 bridgehead atoms. The predicted octanol–water partition coefficient (Wildman–Crippen LogP) is 2.20. The Hall–Kier alpha value is -1.10. The zero-order chi connectivity index (χ0) is 15.3. The van der Waals surface area contributed by atoms with Crippen molar-refractivity contribution in [2.24, 2.45) is 0 Å². The van der Waals surface area contributed by atoms with Gasteiger partial charge in [0.25, 0.3) is 0 Å². The van der Waals surface area contributed by atoms with Crippen LogP contribution in [0.4, 0.5) is 0 Å².